The first-order valence-corrected chi connectivity index (χ1v) is 6.77. The fourth-order valence-electron chi connectivity index (χ4n) is 1.83. The first-order chi connectivity index (χ1) is 9.35. The molecule has 4 N–H and O–H groups in total. The molecule has 0 fully saturated rings. The Kier molecular flexibility index (Phi) is 6.42. The maximum absolute atomic E-state index is 9.83. The Morgan fingerprint density at radius 1 is 1.30 bits per heavy atom. The predicted octanol–water partition coefficient (Wildman–Crippen LogP) is 0.376. The summed E-state index contributed by atoms with van der Waals surface area (Å²) in [6.45, 7) is 5.82. The number of hydrogen-bond acceptors (Lipinski definition) is 5. The Morgan fingerprint density at radius 3 is 2.45 bits per heavy atom. The Hall–Kier alpha value is -1.14. The normalized spacial score (nSPS) is 15.7. The summed E-state index contributed by atoms with van der Waals surface area (Å²) in [5, 5.41) is 31.2. The van der Waals surface area contributed by atoms with Gasteiger partial charge >= 0.3 is 0 Å². The Labute approximate surface area is 120 Å². The number of nitrogens with one attached hydrogen (secondary N) is 1. The molecule has 0 heterocycles. The van der Waals surface area contributed by atoms with Gasteiger partial charge in [0.25, 0.3) is 0 Å². The van der Waals surface area contributed by atoms with Gasteiger partial charge in [-0.2, -0.15) is 0 Å². The van der Waals surface area contributed by atoms with Crippen LogP contribution in [0.15, 0.2) is 18.2 Å². The molecule has 0 aromatic heterocycles. The van der Waals surface area contributed by atoms with Crippen molar-refractivity contribution in [2.24, 2.45) is 0 Å². The molecule has 0 amide bonds. The fourth-order valence-corrected chi connectivity index (χ4v) is 1.83. The molecule has 0 saturated heterocycles. The molecule has 2 unspecified atom stereocenters. The van der Waals surface area contributed by atoms with E-state index in [1.54, 1.807) is 0 Å². The van der Waals surface area contributed by atoms with E-state index in [2.05, 4.69) is 5.32 Å². The number of hydrogen-bond donors (Lipinski definition) is 4. The average Bonchev–Trinajstić information content (AvgIpc) is 2.38. The second-order valence-electron chi connectivity index (χ2n) is 5.47. The molecule has 1 rings (SSSR count). The van der Waals surface area contributed by atoms with Gasteiger partial charge in [-0.25, -0.2) is 0 Å². The SMILES string of the molecule is Cc1cccc(C)c1OCC(O)CNCC(C)(O)CO. The van der Waals surface area contributed by atoms with Crippen molar-refractivity contribution in [1.29, 1.82) is 0 Å². The maximum atomic E-state index is 9.83. The standard InChI is InChI=1S/C15H25NO4/c1-11-5-4-6-12(2)14(11)20-8-13(18)7-16-9-15(3,19)10-17/h4-6,13,16-19H,7-10H2,1-3H3. The minimum Gasteiger partial charge on any atom is -0.490 e. The summed E-state index contributed by atoms with van der Waals surface area (Å²) in [5.74, 6) is 0.800. The van der Waals surface area contributed by atoms with Crippen molar-refractivity contribution in [3.8, 4) is 5.75 Å². The molecule has 0 radical (unpaired) electrons. The average molecular weight is 283 g/mol. The van der Waals surface area contributed by atoms with Crippen LogP contribution in [0.2, 0.25) is 0 Å². The van der Waals surface area contributed by atoms with E-state index < -0.39 is 11.7 Å². The first kappa shape index (κ1) is 16.9. The minimum atomic E-state index is -1.17. The predicted molar refractivity (Wildman–Crippen MR) is 78.0 cm³/mol. The molecule has 5 heteroatoms. The van der Waals surface area contributed by atoms with Crippen LogP contribution >= 0.6 is 0 Å². The van der Waals surface area contributed by atoms with E-state index in [0.717, 1.165) is 16.9 Å². The summed E-state index contributed by atoms with van der Waals surface area (Å²) >= 11 is 0. The van der Waals surface area contributed by atoms with Crippen molar-refractivity contribution in [2.45, 2.75) is 32.5 Å². The third kappa shape index (κ3) is 5.46. The van der Waals surface area contributed by atoms with Gasteiger partial charge in [0.1, 0.15) is 18.5 Å². The lowest BCUT2D eigenvalue weighted by Crippen LogP contribution is -2.44. The second kappa shape index (κ2) is 7.59. The lowest BCUT2D eigenvalue weighted by atomic mass is 10.1. The van der Waals surface area contributed by atoms with Crippen LogP contribution in [0.5, 0.6) is 5.75 Å². The molecule has 114 valence electrons. The smallest absolute Gasteiger partial charge is 0.125 e. The van der Waals surface area contributed by atoms with Gasteiger partial charge in [0.15, 0.2) is 0 Å². The molecule has 0 bridgehead atoms. The summed E-state index contributed by atoms with van der Waals surface area (Å²) in [7, 11) is 0. The molecule has 1 aromatic rings. The van der Waals surface area contributed by atoms with Crippen LogP contribution in [-0.4, -0.2) is 53.3 Å². The van der Waals surface area contributed by atoms with Gasteiger partial charge in [-0.15, -0.1) is 0 Å². The first-order valence-electron chi connectivity index (χ1n) is 6.77. The van der Waals surface area contributed by atoms with Crippen molar-refractivity contribution in [3.05, 3.63) is 29.3 Å². The number of aliphatic hydroxyl groups excluding tert-OH is 2. The van der Waals surface area contributed by atoms with Crippen LogP contribution in [0.3, 0.4) is 0 Å². The molecule has 0 aliphatic carbocycles. The molecule has 1 aromatic carbocycles. The molecule has 0 spiro atoms. The van der Waals surface area contributed by atoms with Gasteiger partial charge in [0.05, 0.1) is 12.2 Å². The van der Waals surface area contributed by atoms with E-state index in [4.69, 9.17) is 9.84 Å². The molecular weight excluding hydrogens is 258 g/mol. The van der Waals surface area contributed by atoms with Gasteiger partial charge in [-0.3, -0.25) is 0 Å². The van der Waals surface area contributed by atoms with Crippen LogP contribution in [0, 0.1) is 13.8 Å². The van der Waals surface area contributed by atoms with Crippen molar-refractivity contribution in [3.63, 3.8) is 0 Å². The summed E-state index contributed by atoms with van der Waals surface area (Å²) in [6, 6.07) is 5.89. The zero-order chi connectivity index (χ0) is 15.2. The van der Waals surface area contributed by atoms with Crippen LogP contribution in [0.25, 0.3) is 0 Å². The molecule has 0 saturated carbocycles. The number of para-hydroxylation sites is 1. The second-order valence-corrected chi connectivity index (χ2v) is 5.47. The molecule has 5 nitrogen and oxygen atoms in total. The van der Waals surface area contributed by atoms with Gasteiger partial charge in [-0.1, -0.05) is 18.2 Å². The molecular formula is C15H25NO4. The van der Waals surface area contributed by atoms with E-state index in [1.807, 2.05) is 32.0 Å². The van der Waals surface area contributed by atoms with E-state index in [0.29, 0.717) is 6.54 Å². The molecule has 0 aliphatic heterocycles. The fraction of sp³-hybridized carbons (Fsp3) is 0.600. The number of ether oxygens (including phenoxy) is 1. The van der Waals surface area contributed by atoms with Crippen molar-refractivity contribution in [1.82, 2.24) is 5.32 Å². The van der Waals surface area contributed by atoms with Gasteiger partial charge in [-0.05, 0) is 31.9 Å². The van der Waals surface area contributed by atoms with Crippen LogP contribution in [0.1, 0.15) is 18.1 Å². The largest absolute Gasteiger partial charge is 0.490 e. The zero-order valence-corrected chi connectivity index (χ0v) is 12.4. The topological polar surface area (TPSA) is 82.0 Å². The molecule has 20 heavy (non-hydrogen) atoms. The number of aryl methyl sites for hydroxylation is 2. The quantitative estimate of drug-likeness (QED) is 0.554. The van der Waals surface area contributed by atoms with Crippen LogP contribution in [-0.2, 0) is 0 Å². The monoisotopic (exact) mass is 283 g/mol. The minimum absolute atomic E-state index is 0.181. The molecule has 0 aliphatic rings. The van der Waals surface area contributed by atoms with Crippen LogP contribution in [0.4, 0.5) is 0 Å². The van der Waals surface area contributed by atoms with E-state index in [-0.39, 0.29) is 19.8 Å². The summed E-state index contributed by atoms with van der Waals surface area (Å²) in [6.07, 6.45) is -0.677. The van der Waals surface area contributed by atoms with Crippen molar-refractivity contribution < 1.29 is 20.1 Å². The third-order valence-corrected chi connectivity index (χ3v) is 3.06. The van der Waals surface area contributed by atoms with Gasteiger partial charge in [0, 0.05) is 13.1 Å². The summed E-state index contributed by atoms with van der Waals surface area (Å²) in [5.41, 5.74) is 0.898. The van der Waals surface area contributed by atoms with E-state index >= 15 is 0 Å². The van der Waals surface area contributed by atoms with Crippen LogP contribution < -0.4 is 10.1 Å². The Morgan fingerprint density at radius 2 is 1.90 bits per heavy atom. The lowest BCUT2D eigenvalue weighted by molar-refractivity contribution is -0.000336. The Balaban J connectivity index is 2.35. The highest BCUT2D eigenvalue weighted by Crippen LogP contribution is 2.22. The lowest BCUT2D eigenvalue weighted by Gasteiger charge is -2.22. The highest BCUT2D eigenvalue weighted by Gasteiger charge is 2.18. The third-order valence-electron chi connectivity index (χ3n) is 3.06. The Bertz CT molecular complexity index is 400. The number of aliphatic hydroxyl groups is 3. The molecule has 2 atom stereocenters. The van der Waals surface area contributed by atoms with E-state index in [9.17, 15) is 10.2 Å². The van der Waals surface area contributed by atoms with E-state index in [1.165, 1.54) is 6.92 Å². The van der Waals surface area contributed by atoms with Crippen molar-refractivity contribution in [2.75, 3.05) is 26.3 Å². The number of benzene rings is 1. The highest BCUT2D eigenvalue weighted by atomic mass is 16.5. The summed E-state index contributed by atoms with van der Waals surface area (Å²) in [4.78, 5) is 0. The van der Waals surface area contributed by atoms with Gasteiger partial charge < -0.3 is 25.4 Å². The summed E-state index contributed by atoms with van der Waals surface area (Å²) < 4.78 is 5.64. The highest BCUT2D eigenvalue weighted by molar-refractivity contribution is 5.39. The maximum Gasteiger partial charge on any atom is 0.125 e. The number of rotatable bonds is 8. The van der Waals surface area contributed by atoms with Crippen molar-refractivity contribution >= 4 is 0 Å². The van der Waals surface area contributed by atoms with Gasteiger partial charge in [0.2, 0.25) is 0 Å². The zero-order valence-electron chi connectivity index (χ0n) is 12.4.